The van der Waals surface area contributed by atoms with Crippen LogP contribution in [0.25, 0.3) is 0 Å². The molecule has 3 N–H and O–H groups in total. The number of carbonyl (C=O) groups is 3. The molecular formula is C24H39N3O5. The van der Waals surface area contributed by atoms with Crippen molar-refractivity contribution in [3.8, 4) is 0 Å². The second-order valence-electron chi connectivity index (χ2n) is 8.82. The van der Waals surface area contributed by atoms with Gasteiger partial charge in [-0.05, 0) is 46.6 Å². The molecule has 180 valence electrons. The van der Waals surface area contributed by atoms with Crippen LogP contribution in [0.2, 0.25) is 0 Å². The largest absolute Gasteiger partial charge is 0.444 e. The van der Waals surface area contributed by atoms with Crippen molar-refractivity contribution in [3.05, 3.63) is 35.4 Å². The molecule has 0 fully saturated rings. The number of hydrogen-bond acceptors (Lipinski definition) is 5. The minimum absolute atomic E-state index is 0.215. The highest BCUT2D eigenvalue weighted by atomic mass is 16.6. The first-order valence-corrected chi connectivity index (χ1v) is 11.3. The van der Waals surface area contributed by atoms with Crippen molar-refractivity contribution in [2.75, 3.05) is 19.7 Å². The Kier molecular flexibility index (Phi) is 11.2. The molecule has 2 unspecified atom stereocenters. The molecule has 0 aliphatic carbocycles. The van der Waals surface area contributed by atoms with Crippen molar-refractivity contribution >= 4 is 17.9 Å². The molecule has 8 heteroatoms. The molecule has 0 heterocycles. The van der Waals surface area contributed by atoms with Crippen LogP contribution in [0.3, 0.4) is 0 Å². The minimum atomic E-state index is -1.23. The summed E-state index contributed by atoms with van der Waals surface area (Å²) in [4.78, 5) is 40.0. The van der Waals surface area contributed by atoms with E-state index >= 15 is 0 Å². The van der Waals surface area contributed by atoms with Crippen LogP contribution in [0.1, 0.15) is 71.0 Å². The molecule has 8 nitrogen and oxygen atoms in total. The summed E-state index contributed by atoms with van der Waals surface area (Å²) in [7, 11) is 0. The van der Waals surface area contributed by atoms with Crippen LogP contribution in [0.15, 0.2) is 24.3 Å². The fourth-order valence-corrected chi connectivity index (χ4v) is 3.21. The number of aryl methyl sites for hydroxylation is 1. The van der Waals surface area contributed by atoms with E-state index in [0.29, 0.717) is 12.1 Å². The van der Waals surface area contributed by atoms with Gasteiger partial charge in [-0.1, -0.05) is 49.6 Å². The molecule has 0 aliphatic rings. The van der Waals surface area contributed by atoms with E-state index in [1.807, 2.05) is 31.2 Å². The lowest BCUT2D eigenvalue weighted by molar-refractivity contribution is -0.143. The fraction of sp³-hybridized carbons (Fsp3) is 0.625. The Labute approximate surface area is 191 Å². The Morgan fingerprint density at radius 1 is 1.09 bits per heavy atom. The number of rotatable bonds is 11. The number of hydrogen-bond donors (Lipinski definition) is 3. The van der Waals surface area contributed by atoms with Gasteiger partial charge in [0.15, 0.2) is 0 Å². The maximum atomic E-state index is 13.3. The lowest BCUT2D eigenvalue weighted by Gasteiger charge is -2.33. The SMILES string of the molecule is CCCCCNC(=O)C(c1ccc(C)cc1)N(CC)C(=O)C(CO)NC(=O)OC(C)(C)C. The third-order valence-electron chi connectivity index (χ3n) is 4.83. The van der Waals surface area contributed by atoms with Crippen molar-refractivity contribution in [3.63, 3.8) is 0 Å². The molecule has 1 rings (SSSR count). The maximum Gasteiger partial charge on any atom is 0.408 e. The second-order valence-corrected chi connectivity index (χ2v) is 8.82. The summed E-state index contributed by atoms with van der Waals surface area (Å²) in [6.45, 7) is 11.0. The standard InChI is InChI=1S/C24H39N3O5/c1-7-9-10-15-25-21(29)20(18-13-11-17(3)12-14-18)27(8-2)22(30)19(16-28)26-23(31)32-24(4,5)6/h11-14,19-20,28H,7-10,15-16H2,1-6H3,(H,25,29)(H,26,31). The van der Waals surface area contributed by atoms with E-state index in [1.54, 1.807) is 27.7 Å². The lowest BCUT2D eigenvalue weighted by Crippen LogP contribution is -2.54. The third kappa shape index (κ3) is 8.86. The second kappa shape index (κ2) is 13.1. The summed E-state index contributed by atoms with van der Waals surface area (Å²) in [5.41, 5.74) is 0.943. The maximum absolute atomic E-state index is 13.3. The van der Waals surface area contributed by atoms with Gasteiger partial charge in [0.05, 0.1) is 6.61 Å². The van der Waals surface area contributed by atoms with Gasteiger partial charge in [-0.3, -0.25) is 9.59 Å². The number of aliphatic hydroxyl groups is 1. The molecule has 0 spiro atoms. The van der Waals surface area contributed by atoms with Gasteiger partial charge in [0, 0.05) is 13.1 Å². The van der Waals surface area contributed by atoms with Crippen molar-refractivity contribution < 1.29 is 24.2 Å². The van der Waals surface area contributed by atoms with Crippen LogP contribution in [0, 0.1) is 6.92 Å². The minimum Gasteiger partial charge on any atom is -0.444 e. The van der Waals surface area contributed by atoms with Gasteiger partial charge in [0.1, 0.15) is 17.7 Å². The molecule has 0 bridgehead atoms. The van der Waals surface area contributed by atoms with Crippen molar-refractivity contribution in [1.82, 2.24) is 15.5 Å². The van der Waals surface area contributed by atoms with Gasteiger partial charge in [-0.25, -0.2) is 4.79 Å². The average Bonchev–Trinajstić information content (AvgIpc) is 2.72. The zero-order chi connectivity index (χ0) is 24.3. The number of likely N-dealkylation sites (N-methyl/N-ethyl adjacent to an activating group) is 1. The highest BCUT2D eigenvalue weighted by Crippen LogP contribution is 2.23. The van der Waals surface area contributed by atoms with Gasteiger partial charge in [-0.15, -0.1) is 0 Å². The molecule has 0 saturated heterocycles. The van der Waals surface area contributed by atoms with Gasteiger partial charge in [0.2, 0.25) is 11.8 Å². The van der Waals surface area contributed by atoms with E-state index < -0.39 is 36.3 Å². The number of aliphatic hydroxyl groups excluding tert-OH is 1. The van der Waals surface area contributed by atoms with E-state index in [4.69, 9.17) is 4.74 Å². The topological polar surface area (TPSA) is 108 Å². The summed E-state index contributed by atoms with van der Waals surface area (Å²) in [5, 5.41) is 15.1. The van der Waals surface area contributed by atoms with Crippen LogP contribution in [-0.2, 0) is 14.3 Å². The number of alkyl carbamates (subject to hydrolysis) is 1. The van der Waals surface area contributed by atoms with Crippen molar-refractivity contribution in [2.24, 2.45) is 0 Å². The summed E-state index contributed by atoms with van der Waals surface area (Å²) >= 11 is 0. The monoisotopic (exact) mass is 449 g/mol. The van der Waals surface area contributed by atoms with Crippen LogP contribution < -0.4 is 10.6 Å². The van der Waals surface area contributed by atoms with E-state index in [0.717, 1.165) is 24.8 Å². The average molecular weight is 450 g/mol. The number of nitrogens with one attached hydrogen (secondary N) is 2. The first-order chi connectivity index (χ1) is 15.0. The summed E-state index contributed by atoms with van der Waals surface area (Å²) in [6.07, 6.45) is 2.07. The zero-order valence-corrected chi connectivity index (χ0v) is 20.2. The van der Waals surface area contributed by atoms with Gasteiger partial charge in [-0.2, -0.15) is 0 Å². The van der Waals surface area contributed by atoms with Crippen LogP contribution in [-0.4, -0.2) is 59.3 Å². The number of carbonyl (C=O) groups excluding carboxylic acids is 3. The molecule has 1 aromatic rings. The Morgan fingerprint density at radius 3 is 2.22 bits per heavy atom. The molecule has 0 saturated carbocycles. The fourth-order valence-electron chi connectivity index (χ4n) is 3.21. The lowest BCUT2D eigenvalue weighted by atomic mass is 10.0. The Bertz CT molecular complexity index is 743. The van der Waals surface area contributed by atoms with E-state index in [1.165, 1.54) is 4.90 Å². The van der Waals surface area contributed by atoms with Crippen LogP contribution >= 0.6 is 0 Å². The molecule has 0 aliphatic heterocycles. The highest BCUT2D eigenvalue weighted by Gasteiger charge is 2.35. The number of ether oxygens (including phenoxy) is 1. The third-order valence-corrected chi connectivity index (χ3v) is 4.83. The highest BCUT2D eigenvalue weighted by molar-refractivity contribution is 5.92. The van der Waals surface area contributed by atoms with Crippen molar-refractivity contribution in [2.45, 2.75) is 78.5 Å². The van der Waals surface area contributed by atoms with Gasteiger partial charge in [0.25, 0.3) is 0 Å². The van der Waals surface area contributed by atoms with E-state index in [9.17, 15) is 19.5 Å². The molecule has 32 heavy (non-hydrogen) atoms. The summed E-state index contributed by atoms with van der Waals surface area (Å²) < 4.78 is 5.20. The Balaban J connectivity index is 3.14. The van der Waals surface area contributed by atoms with Gasteiger partial charge >= 0.3 is 6.09 Å². The molecule has 0 aromatic heterocycles. The first kappa shape index (κ1) is 27.4. The van der Waals surface area contributed by atoms with Crippen LogP contribution in [0.4, 0.5) is 4.79 Å². The number of amides is 3. The molecule has 3 amide bonds. The first-order valence-electron chi connectivity index (χ1n) is 11.3. The Morgan fingerprint density at radius 2 is 1.72 bits per heavy atom. The van der Waals surface area contributed by atoms with Crippen molar-refractivity contribution in [1.29, 1.82) is 0 Å². The quantitative estimate of drug-likeness (QED) is 0.450. The number of unbranched alkanes of at least 4 members (excludes halogenated alkanes) is 2. The molecule has 2 atom stereocenters. The molecule has 0 radical (unpaired) electrons. The Hall–Kier alpha value is -2.61. The number of benzene rings is 1. The predicted molar refractivity (Wildman–Crippen MR) is 124 cm³/mol. The predicted octanol–water partition coefficient (Wildman–Crippen LogP) is 3.08. The molecular weight excluding hydrogens is 410 g/mol. The summed E-state index contributed by atoms with van der Waals surface area (Å²) in [6, 6.07) is 5.28. The summed E-state index contributed by atoms with van der Waals surface area (Å²) in [5.74, 6) is -0.857. The normalized spacial score (nSPS) is 13.1. The van der Waals surface area contributed by atoms with Crippen LogP contribution in [0.5, 0.6) is 0 Å². The smallest absolute Gasteiger partial charge is 0.408 e. The van der Waals surface area contributed by atoms with E-state index in [2.05, 4.69) is 17.6 Å². The molecule has 1 aromatic carbocycles. The number of nitrogens with zero attached hydrogens (tertiary/aromatic N) is 1. The van der Waals surface area contributed by atoms with E-state index in [-0.39, 0.29) is 12.5 Å². The van der Waals surface area contributed by atoms with Gasteiger partial charge < -0.3 is 25.4 Å². The zero-order valence-electron chi connectivity index (χ0n) is 20.2.